The number of rotatable bonds is 41. The maximum Gasteiger partial charge on any atom is 0.362 e. The van der Waals surface area contributed by atoms with Gasteiger partial charge in [0.05, 0.1) is 34.4 Å². The van der Waals surface area contributed by atoms with Crippen LogP contribution in [0, 0.1) is 0 Å². The second-order valence-corrected chi connectivity index (χ2v) is 16.6. The normalized spacial score (nSPS) is 13.2. The fourth-order valence-corrected chi connectivity index (χ4v) is 6.75. The lowest BCUT2D eigenvalue weighted by molar-refractivity contribution is -0.887. The Hall–Kier alpha value is -2.45. The molecule has 326 valence electrons. The Kier molecular flexibility index (Phi) is 37.7. The fourth-order valence-electron chi connectivity index (χ4n) is 6.75. The zero-order valence-corrected chi connectivity index (χ0v) is 37.1. The van der Waals surface area contributed by atoms with Gasteiger partial charge in [0.2, 0.25) is 0 Å². The summed E-state index contributed by atoms with van der Waals surface area (Å²) >= 11 is 0. The van der Waals surface area contributed by atoms with Crippen molar-refractivity contribution in [2.24, 2.45) is 0 Å². The molecule has 1 N–H and O–H groups in total. The third-order valence-corrected chi connectivity index (χ3v) is 10.3. The molecule has 0 aliphatic rings. The fraction of sp³-hybridized carbons (Fsp3) is 0.812. The van der Waals surface area contributed by atoms with Crippen LogP contribution in [-0.4, -0.2) is 80.6 Å². The molecule has 0 heterocycles. The number of carboxylic acid groups (broad SMARTS) is 1. The maximum absolute atomic E-state index is 12.7. The number of unbranched alkanes of at least 4 members (excludes halogenated alkanes) is 21. The van der Waals surface area contributed by atoms with Crippen molar-refractivity contribution in [3.8, 4) is 0 Å². The van der Waals surface area contributed by atoms with Crippen molar-refractivity contribution in [3.05, 3.63) is 36.5 Å². The van der Waals surface area contributed by atoms with E-state index in [0.717, 1.165) is 57.8 Å². The summed E-state index contributed by atoms with van der Waals surface area (Å²) in [7, 11) is 5.53. The van der Waals surface area contributed by atoms with Crippen LogP contribution >= 0.6 is 0 Å². The highest BCUT2D eigenvalue weighted by molar-refractivity contribution is 5.72. The van der Waals surface area contributed by atoms with E-state index in [1.54, 1.807) is 0 Å². The Morgan fingerprint density at radius 1 is 0.554 bits per heavy atom. The van der Waals surface area contributed by atoms with E-state index in [1.807, 2.05) is 21.1 Å². The summed E-state index contributed by atoms with van der Waals surface area (Å²) in [5.41, 5.74) is 0. The number of carbonyl (C=O) groups is 3. The summed E-state index contributed by atoms with van der Waals surface area (Å²) < 4.78 is 17.3. The van der Waals surface area contributed by atoms with E-state index in [0.29, 0.717) is 19.3 Å². The van der Waals surface area contributed by atoms with Gasteiger partial charge in [-0.1, -0.05) is 172 Å². The molecule has 0 rings (SSSR count). The number of carbonyl (C=O) groups excluding carboxylic acids is 2. The molecule has 8 nitrogen and oxygen atoms in total. The van der Waals surface area contributed by atoms with Crippen LogP contribution in [0.25, 0.3) is 0 Å². The lowest BCUT2D eigenvalue weighted by atomic mass is 10.0. The zero-order valence-electron chi connectivity index (χ0n) is 37.1. The first-order valence-corrected chi connectivity index (χ1v) is 23.0. The van der Waals surface area contributed by atoms with Crippen molar-refractivity contribution in [1.82, 2.24) is 0 Å². The molecule has 0 fully saturated rings. The van der Waals surface area contributed by atoms with Gasteiger partial charge in [-0.2, -0.15) is 0 Å². The third kappa shape index (κ3) is 37.1. The van der Waals surface area contributed by atoms with Crippen LogP contribution < -0.4 is 0 Å². The van der Waals surface area contributed by atoms with Crippen molar-refractivity contribution in [3.63, 3.8) is 0 Å². The van der Waals surface area contributed by atoms with Crippen LogP contribution in [0.2, 0.25) is 0 Å². The minimum atomic E-state index is -0.874. The summed E-state index contributed by atoms with van der Waals surface area (Å²) in [5, 5.41) is 9.61. The summed E-state index contributed by atoms with van der Waals surface area (Å²) in [6.45, 7) is 4.62. The van der Waals surface area contributed by atoms with E-state index in [9.17, 15) is 19.5 Å². The zero-order chi connectivity index (χ0) is 41.4. The Morgan fingerprint density at radius 2 is 1.00 bits per heavy atom. The molecule has 0 aliphatic carbocycles. The van der Waals surface area contributed by atoms with Gasteiger partial charge in [0.1, 0.15) is 6.61 Å². The van der Waals surface area contributed by atoms with Crippen LogP contribution in [0.3, 0.4) is 0 Å². The van der Waals surface area contributed by atoms with Gasteiger partial charge in [-0.15, -0.1) is 0 Å². The van der Waals surface area contributed by atoms with E-state index in [1.165, 1.54) is 109 Å². The molecule has 0 saturated carbocycles. The highest BCUT2D eigenvalue weighted by atomic mass is 16.6. The molecule has 2 atom stereocenters. The standard InChI is InChI=1S/C48H87NO7/c1-6-8-10-12-14-16-17-18-19-20-21-22-23-24-25-26-27-28-29-31-33-35-37-39-47(51)56-44(42-54-41-40-45(48(52)53)49(3,4)5)43-55-46(50)38-36-34-32-30-15-13-11-9-7-2/h8,10,14,16,18-19,44-45H,6-7,9,11-13,15,17,20-43H2,1-5H3/p+1/b10-8+,16-14+,19-18+. The smallest absolute Gasteiger partial charge is 0.362 e. The lowest BCUT2D eigenvalue weighted by Gasteiger charge is -2.31. The summed E-state index contributed by atoms with van der Waals surface area (Å²) in [5.74, 6) is -1.46. The van der Waals surface area contributed by atoms with E-state index in [4.69, 9.17) is 14.2 Å². The number of hydrogen-bond donors (Lipinski definition) is 1. The second-order valence-electron chi connectivity index (χ2n) is 16.6. The number of quaternary nitrogens is 1. The number of allylic oxidation sites excluding steroid dienone is 6. The van der Waals surface area contributed by atoms with Gasteiger partial charge in [-0.05, 0) is 44.9 Å². The van der Waals surface area contributed by atoms with Gasteiger partial charge in [-0.3, -0.25) is 9.59 Å². The van der Waals surface area contributed by atoms with Gasteiger partial charge in [0.15, 0.2) is 12.1 Å². The molecule has 0 amide bonds. The Labute approximate surface area is 344 Å². The average molecular weight is 791 g/mol. The Morgan fingerprint density at radius 3 is 1.48 bits per heavy atom. The van der Waals surface area contributed by atoms with Gasteiger partial charge < -0.3 is 23.8 Å². The van der Waals surface area contributed by atoms with E-state index < -0.39 is 18.1 Å². The Bertz CT molecular complexity index is 1020. The maximum atomic E-state index is 12.7. The second kappa shape index (κ2) is 39.4. The van der Waals surface area contributed by atoms with Crippen LogP contribution in [0.5, 0.6) is 0 Å². The summed E-state index contributed by atoms with van der Waals surface area (Å²) in [4.78, 5) is 36.9. The molecule has 0 radical (unpaired) electrons. The van der Waals surface area contributed by atoms with Crippen LogP contribution in [-0.2, 0) is 28.6 Å². The highest BCUT2D eigenvalue weighted by Gasteiger charge is 2.31. The average Bonchev–Trinajstić information content (AvgIpc) is 3.15. The molecule has 0 aromatic carbocycles. The van der Waals surface area contributed by atoms with Crippen molar-refractivity contribution in [2.45, 2.75) is 212 Å². The molecular weight excluding hydrogens is 703 g/mol. The molecule has 0 aromatic heterocycles. The molecular formula is C48H88NO7+. The SMILES string of the molecule is CC/C=C/C/C=C/C/C=C/CCCCCCCCCCCCCCCC(=O)OC(COCCC(C(=O)O)[N+](C)(C)C)COC(=O)CCCCCCCCCCC. The Balaban J connectivity index is 4.17. The minimum absolute atomic E-state index is 0.0482. The number of esters is 2. The third-order valence-electron chi connectivity index (χ3n) is 10.3. The summed E-state index contributed by atoms with van der Waals surface area (Å²) in [6.07, 6.45) is 44.8. The molecule has 0 aliphatic heterocycles. The van der Waals surface area contributed by atoms with Crippen LogP contribution in [0.1, 0.15) is 200 Å². The lowest BCUT2D eigenvalue weighted by Crippen LogP contribution is -2.50. The van der Waals surface area contributed by atoms with Gasteiger partial charge in [0, 0.05) is 19.3 Å². The summed E-state index contributed by atoms with van der Waals surface area (Å²) in [6, 6.07) is -0.612. The van der Waals surface area contributed by atoms with E-state index in [-0.39, 0.29) is 36.2 Å². The molecule has 0 aromatic rings. The molecule has 8 heteroatoms. The number of hydrogen-bond acceptors (Lipinski definition) is 6. The quantitative estimate of drug-likeness (QED) is 0.0285. The van der Waals surface area contributed by atoms with Crippen molar-refractivity contribution in [2.75, 3.05) is 41.0 Å². The predicted octanol–water partition coefficient (Wildman–Crippen LogP) is 12.6. The first kappa shape index (κ1) is 53.6. The number of likely N-dealkylation sites (N-methyl/N-ethyl adjacent to an activating group) is 1. The van der Waals surface area contributed by atoms with Crippen LogP contribution in [0.15, 0.2) is 36.5 Å². The van der Waals surface area contributed by atoms with Gasteiger partial charge in [0.25, 0.3) is 0 Å². The van der Waals surface area contributed by atoms with Gasteiger partial charge >= 0.3 is 17.9 Å². The van der Waals surface area contributed by atoms with Crippen molar-refractivity contribution in [1.29, 1.82) is 0 Å². The molecule has 2 unspecified atom stereocenters. The molecule has 0 bridgehead atoms. The molecule has 56 heavy (non-hydrogen) atoms. The van der Waals surface area contributed by atoms with Gasteiger partial charge in [-0.25, -0.2) is 4.79 Å². The molecule has 0 spiro atoms. The topological polar surface area (TPSA) is 99.1 Å². The largest absolute Gasteiger partial charge is 0.477 e. The number of ether oxygens (including phenoxy) is 3. The monoisotopic (exact) mass is 791 g/mol. The van der Waals surface area contributed by atoms with Crippen molar-refractivity contribution < 1.29 is 38.2 Å². The predicted molar refractivity (Wildman–Crippen MR) is 234 cm³/mol. The molecule has 0 saturated heterocycles. The number of carboxylic acids is 1. The number of aliphatic carboxylic acids is 1. The first-order valence-electron chi connectivity index (χ1n) is 23.0. The van der Waals surface area contributed by atoms with E-state index in [2.05, 4.69) is 50.3 Å². The van der Waals surface area contributed by atoms with Crippen LogP contribution in [0.4, 0.5) is 0 Å². The highest BCUT2D eigenvalue weighted by Crippen LogP contribution is 2.15. The van der Waals surface area contributed by atoms with Crippen molar-refractivity contribution >= 4 is 17.9 Å². The van der Waals surface area contributed by atoms with E-state index >= 15 is 0 Å². The minimum Gasteiger partial charge on any atom is -0.477 e. The number of nitrogens with zero attached hydrogens (tertiary/aromatic N) is 1. The first-order chi connectivity index (χ1) is 27.1.